The minimum absolute atomic E-state index is 0.0661. The molecule has 1 saturated heterocycles. The third-order valence-corrected chi connectivity index (χ3v) is 6.36. The van der Waals surface area contributed by atoms with Gasteiger partial charge in [0.1, 0.15) is 6.21 Å². The van der Waals surface area contributed by atoms with Crippen molar-refractivity contribution in [3.05, 3.63) is 82.0 Å². The number of nitrogens with zero attached hydrogens (tertiary/aromatic N) is 7. The fraction of sp³-hybridized carbons (Fsp3) is 0.280. The first-order chi connectivity index (χ1) is 18.5. The van der Waals surface area contributed by atoms with Gasteiger partial charge in [-0.25, -0.2) is 4.68 Å². The first-order valence-corrected chi connectivity index (χ1v) is 12.4. The first kappa shape index (κ1) is 25.4. The summed E-state index contributed by atoms with van der Waals surface area (Å²) in [4.78, 5) is 14.8. The summed E-state index contributed by atoms with van der Waals surface area (Å²) in [6.07, 6.45) is 1.33. The molecule has 0 saturated carbocycles. The summed E-state index contributed by atoms with van der Waals surface area (Å²) in [5.74, 6) is -0.511. The van der Waals surface area contributed by atoms with Gasteiger partial charge in [-0.3, -0.25) is 9.69 Å². The van der Waals surface area contributed by atoms with E-state index in [1.807, 2.05) is 37.3 Å². The van der Waals surface area contributed by atoms with Crippen LogP contribution in [0.4, 0.5) is 0 Å². The van der Waals surface area contributed by atoms with Crippen molar-refractivity contribution in [2.45, 2.75) is 20.1 Å². The Labute approximate surface area is 223 Å². The molecule has 1 N–H and O–H groups in total. The molecule has 1 amide bonds. The van der Waals surface area contributed by atoms with Crippen molar-refractivity contribution >= 4 is 24.3 Å². The van der Waals surface area contributed by atoms with E-state index in [9.17, 15) is 9.90 Å². The number of hydrogen-bond acceptors (Lipinski definition) is 9. The average Bonchev–Trinajstić information content (AvgIpc) is 3.46. The summed E-state index contributed by atoms with van der Waals surface area (Å²) in [5, 5.41) is 28.2. The van der Waals surface area contributed by atoms with Crippen LogP contribution >= 0.6 is 12.2 Å². The Morgan fingerprint density at radius 1 is 1.18 bits per heavy atom. The zero-order chi connectivity index (χ0) is 26.5. The third kappa shape index (κ3) is 5.69. The van der Waals surface area contributed by atoms with E-state index in [0.29, 0.717) is 41.7 Å². The quantitative estimate of drug-likeness (QED) is 0.203. The minimum Gasteiger partial charge on any atom is -0.539 e. The molecule has 0 aliphatic carbocycles. The van der Waals surface area contributed by atoms with E-state index in [-0.39, 0.29) is 18.1 Å². The first-order valence-electron chi connectivity index (χ1n) is 12.0. The molecular weight excluding hydrogens is 508 g/mol. The number of rotatable bonds is 8. The van der Waals surface area contributed by atoms with Gasteiger partial charge in [-0.2, -0.15) is 14.9 Å². The lowest BCUT2D eigenvalue weighted by molar-refractivity contribution is -0.671. The standard InChI is InChI=1S/C25H26N8O4S/c1-18-7-9-20(10-8-18)32-21(24(35)37-29-32)15-27-33-22(16-26-23(34)19-5-3-2-4-6-19)28-31(25(33)38)17-30-11-13-36-14-12-30/h2-10,15H,11-14,16-17H2,1H3,(H-,26,27,29,34,35). The maximum Gasteiger partial charge on any atom is 0.283 e. The van der Waals surface area contributed by atoms with Crippen LogP contribution in [0.15, 0.2) is 64.2 Å². The largest absolute Gasteiger partial charge is 0.539 e. The molecule has 5 rings (SSSR count). The molecule has 12 nitrogen and oxygen atoms in total. The molecule has 196 valence electrons. The van der Waals surface area contributed by atoms with Gasteiger partial charge >= 0.3 is 0 Å². The molecule has 4 aromatic rings. The Bertz CT molecular complexity index is 1490. The van der Waals surface area contributed by atoms with Crippen LogP contribution in [0.1, 0.15) is 27.4 Å². The van der Waals surface area contributed by atoms with Gasteiger partial charge in [0.25, 0.3) is 11.6 Å². The second kappa shape index (κ2) is 11.5. The molecule has 0 unspecified atom stereocenters. The van der Waals surface area contributed by atoms with E-state index >= 15 is 0 Å². The van der Waals surface area contributed by atoms with E-state index in [4.69, 9.17) is 21.5 Å². The highest BCUT2D eigenvalue weighted by molar-refractivity contribution is 7.71. The molecule has 1 aliphatic rings. The molecule has 0 atom stereocenters. The predicted octanol–water partition coefficient (Wildman–Crippen LogP) is 1.16. The number of aromatic nitrogens is 5. The van der Waals surface area contributed by atoms with Gasteiger partial charge in [0, 0.05) is 30.8 Å². The van der Waals surface area contributed by atoms with Crippen molar-refractivity contribution in [1.82, 2.24) is 29.9 Å². The molecule has 38 heavy (non-hydrogen) atoms. The Morgan fingerprint density at radius 2 is 1.92 bits per heavy atom. The van der Waals surface area contributed by atoms with Crippen LogP contribution in [-0.4, -0.2) is 63.1 Å². The van der Waals surface area contributed by atoms with Crippen LogP contribution in [0.25, 0.3) is 5.69 Å². The molecule has 0 spiro atoms. The number of carbonyl (C=O) groups excluding carboxylic acids is 1. The van der Waals surface area contributed by atoms with E-state index in [2.05, 4.69) is 25.7 Å². The van der Waals surface area contributed by atoms with E-state index in [1.54, 1.807) is 28.9 Å². The Morgan fingerprint density at radius 3 is 2.66 bits per heavy atom. The second-order valence-electron chi connectivity index (χ2n) is 8.67. The van der Waals surface area contributed by atoms with Gasteiger partial charge in [0.15, 0.2) is 11.8 Å². The fourth-order valence-electron chi connectivity index (χ4n) is 3.89. The minimum atomic E-state index is -0.652. The van der Waals surface area contributed by atoms with Crippen molar-refractivity contribution in [2.24, 2.45) is 5.10 Å². The predicted molar refractivity (Wildman–Crippen MR) is 136 cm³/mol. The topological polar surface area (TPSA) is 130 Å². The molecule has 1 aliphatic heterocycles. The van der Waals surface area contributed by atoms with Gasteiger partial charge in [-0.1, -0.05) is 35.9 Å². The van der Waals surface area contributed by atoms with Crippen LogP contribution in [-0.2, 0) is 18.0 Å². The number of amides is 1. The van der Waals surface area contributed by atoms with Crippen molar-refractivity contribution < 1.29 is 23.8 Å². The van der Waals surface area contributed by atoms with Crippen LogP contribution in [0.2, 0.25) is 0 Å². The summed E-state index contributed by atoms with van der Waals surface area (Å²) in [6.45, 7) is 5.22. The number of morpholine rings is 1. The highest BCUT2D eigenvalue weighted by Crippen LogP contribution is 2.11. The Kier molecular flexibility index (Phi) is 7.67. The van der Waals surface area contributed by atoms with Gasteiger partial charge in [-0.15, -0.1) is 0 Å². The number of benzene rings is 2. The summed E-state index contributed by atoms with van der Waals surface area (Å²) >= 11 is 5.68. The van der Waals surface area contributed by atoms with Crippen LogP contribution < -0.4 is 15.1 Å². The molecule has 0 radical (unpaired) electrons. The molecule has 1 fully saturated rings. The summed E-state index contributed by atoms with van der Waals surface area (Å²) in [5.41, 5.74) is 2.34. The van der Waals surface area contributed by atoms with Crippen LogP contribution in [0.3, 0.4) is 0 Å². The molecule has 2 aromatic heterocycles. The van der Waals surface area contributed by atoms with Crippen molar-refractivity contribution in [1.29, 1.82) is 0 Å². The number of aryl methyl sites for hydroxylation is 1. The van der Waals surface area contributed by atoms with Gasteiger partial charge in [0.05, 0.1) is 31.7 Å². The molecular formula is C25H26N8O4S. The summed E-state index contributed by atoms with van der Waals surface area (Å²) < 4.78 is 15.1. The second-order valence-corrected chi connectivity index (χ2v) is 9.03. The fourth-order valence-corrected chi connectivity index (χ4v) is 4.14. The summed E-state index contributed by atoms with van der Waals surface area (Å²) in [6, 6.07) is 16.3. The van der Waals surface area contributed by atoms with Gasteiger partial charge < -0.3 is 19.7 Å². The highest BCUT2D eigenvalue weighted by atomic mass is 32.1. The smallest absolute Gasteiger partial charge is 0.283 e. The number of hydrogen-bond donors (Lipinski definition) is 1. The van der Waals surface area contributed by atoms with Crippen LogP contribution in [0, 0.1) is 11.7 Å². The lowest BCUT2D eigenvalue weighted by Gasteiger charge is -2.25. The Hall–Kier alpha value is -4.20. The SMILES string of the molecule is Cc1ccc(-[n+]2noc([O-])c2/C=N/n2c(CNC(=O)c3ccccc3)nn(CN3CCOCC3)c2=S)cc1. The maximum atomic E-state index is 12.6. The lowest BCUT2D eigenvalue weighted by atomic mass is 10.2. The normalized spacial score (nSPS) is 14.2. The monoisotopic (exact) mass is 534 g/mol. The molecule has 13 heteroatoms. The zero-order valence-corrected chi connectivity index (χ0v) is 21.5. The molecule has 3 heterocycles. The zero-order valence-electron chi connectivity index (χ0n) is 20.7. The average molecular weight is 535 g/mol. The van der Waals surface area contributed by atoms with E-state index < -0.39 is 5.95 Å². The van der Waals surface area contributed by atoms with Crippen molar-refractivity contribution in [3.63, 3.8) is 0 Å². The van der Waals surface area contributed by atoms with E-state index in [0.717, 1.165) is 18.7 Å². The van der Waals surface area contributed by atoms with Crippen molar-refractivity contribution in [2.75, 3.05) is 26.3 Å². The lowest BCUT2D eigenvalue weighted by Crippen LogP contribution is -2.37. The number of nitrogens with one attached hydrogen (secondary N) is 1. The van der Waals surface area contributed by atoms with Crippen molar-refractivity contribution in [3.8, 4) is 11.6 Å². The number of ether oxygens (including phenoxy) is 1. The maximum absolute atomic E-state index is 12.6. The highest BCUT2D eigenvalue weighted by Gasteiger charge is 2.20. The summed E-state index contributed by atoms with van der Waals surface area (Å²) in [7, 11) is 0. The van der Waals surface area contributed by atoms with Gasteiger partial charge in [0.2, 0.25) is 10.5 Å². The van der Waals surface area contributed by atoms with E-state index in [1.165, 1.54) is 15.6 Å². The van der Waals surface area contributed by atoms with Crippen LogP contribution in [0.5, 0.6) is 5.95 Å². The molecule has 0 bridgehead atoms. The molecule has 2 aromatic carbocycles. The number of carbonyl (C=O) groups is 1. The Balaban J connectivity index is 1.45. The van der Waals surface area contributed by atoms with Gasteiger partial charge in [-0.05, 0) is 36.0 Å². The third-order valence-electron chi connectivity index (χ3n) is 5.98.